The molecule has 0 saturated heterocycles. The van der Waals surface area contributed by atoms with E-state index in [0.717, 1.165) is 7.11 Å². The van der Waals surface area contributed by atoms with E-state index in [1.54, 1.807) is 0 Å². The van der Waals surface area contributed by atoms with Crippen molar-refractivity contribution in [2.45, 2.75) is 25.2 Å². The maximum Gasteiger partial charge on any atom is 0.408 e. The number of hydrogen-bond acceptors (Lipinski definition) is 6. The Morgan fingerprint density at radius 2 is 1.73 bits per heavy atom. The average Bonchev–Trinajstić information content (AvgIpc) is 2.16. The molecule has 0 fully saturated rings. The van der Waals surface area contributed by atoms with Gasteiger partial charge in [-0.25, -0.2) is 4.79 Å². The number of methoxy groups -OCH3 is 2. The van der Waals surface area contributed by atoms with Gasteiger partial charge in [0, 0.05) is 7.11 Å². The average molecular weight is 219 g/mol. The first-order valence-electron chi connectivity index (χ1n) is 4.21. The first-order chi connectivity index (χ1) is 6.71. The Hall–Kier alpha value is -1.18. The highest BCUT2D eigenvalue weighted by Crippen LogP contribution is 2.16. The van der Waals surface area contributed by atoms with Gasteiger partial charge >= 0.3 is 6.09 Å². The van der Waals surface area contributed by atoms with Crippen LogP contribution in [-0.4, -0.2) is 37.5 Å². The smallest absolute Gasteiger partial charge is 0.408 e. The van der Waals surface area contributed by atoms with Crippen LogP contribution in [0.2, 0.25) is 0 Å². The molecule has 1 amide bonds. The van der Waals surface area contributed by atoms with Crippen LogP contribution in [0.1, 0.15) is 13.8 Å². The molecular weight excluding hydrogens is 202 g/mol. The quantitative estimate of drug-likeness (QED) is 0.517. The molecule has 0 aromatic heterocycles. The summed E-state index contributed by atoms with van der Waals surface area (Å²) < 4.78 is 9.21. The van der Waals surface area contributed by atoms with Crippen molar-refractivity contribution in [3.05, 3.63) is 0 Å². The predicted molar refractivity (Wildman–Crippen MR) is 52.7 cm³/mol. The minimum Gasteiger partial charge on any atom is -0.453 e. The zero-order valence-corrected chi connectivity index (χ0v) is 9.29. The molecule has 0 aromatic rings. The molecule has 5 N–H and O–H groups in total. The second-order valence-electron chi connectivity index (χ2n) is 3.29. The van der Waals surface area contributed by atoms with Crippen LogP contribution in [0, 0.1) is 0 Å². The van der Waals surface area contributed by atoms with Gasteiger partial charge in [-0.2, -0.15) is 0 Å². The lowest BCUT2D eigenvalue weighted by molar-refractivity contribution is -0.137. The number of amides is 1. The molecular formula is C8H17N3O4. The molecule has 0 aliphatic rings. The van der Waals surface area contributed by atoms with Gasteiger partial charge in [0.2, 0.25) is 0 Å². The van der Waals surface area contributed by atoms with Gasteiger partial charge in [0.25, 0.3) is 0 Å². The third-order valence-electron chi connectivity index (χ3n) is 2.25. The number of carbonyl (C=O) groups is 2. The van der Waals surface area contributed by atoms with Crippen molar-refractivity contribution < 1.29 is 19.1 Å². The molecule has 0 saturated carbocycles. The van der Waals surface area contributed by atoms with Crippen molar-refractivity contribution in [3.63, 3.8) is 0 Å². The Morgan fingerprint density at radius 1 is 1.27 bits per heavy atom. The van der Waals surface area contributed by atoms with Crippen LogP contribution in [0.4, 0.5) is 4.79 Å². The summed E-state index contributed by atoms with van der Waals surface area (Å²) in [4.78, 5) is 22.4. The highest BCUT2D eigenvalue weighted by atomic mass is 16.5. The first kappa shape index (κ1) is 13.8. The van der Waals surface area contributed by atoms with Crippen molar-refractivity contribution >= 4 is 11.9 Å². The summed E-state index contributed by atoms with van der Waals surface area (Å²) in [6.45, 7) is 2.57. The van der Waals surface area contributed by atoms with E-state index in [2.05, 4.69) is 10.1 Å². The van der Waals surface area contributed by atoms with Gasteiger partial charge in [-0.05, 0) is 13.8 Å². The van der Waals surface area contributed by atoms with E-state index in [1.807, 2.05) is 0 Å². The third kappa shape index (κ3) is 2.65. The standard InChI is InChI=1S/C8H17N3O4/c1-5(12)8(10,7(2,9)15-4)11-6(13)14-3/h9-10H2,1-4H3,(H,11,13)/t7-,8+/m0/s1. The van der Waals surface area contributed by atoms with Crippen molar-refractivity contribution in [2.24, 2.45) is 11.5 Å². The lowest BCUT2D eigenvalue weighted by atomic mass is 9.95. The summed E-state index contributed by atoms with van der Waals surface area (Å²) in [6.07, 6.45) is -0.860. The third-order valence-corrected chi connectivity index (χ3v) is 2.25. The molecule has 0 bridgehead atoms. The van der Waals surface area contributed by atoms with E-state index >= 15 is 0 Å². The molecule has 0 radical (unpaired) electrons. The summed E-state index contributed by atoms with van der Waals surface area (Å²) in [5, 5.41) is 2.15. The number of rotatable bonds is 4. The fourth-order valence-electron chi connectivity index (χ4n) is 0.935. The maximum absolute atomic E-state index is 11.4. The van der Waals surface area contributed by atoms with Crippen LogP contribution >= 0.6 is 0 Å². The monoisotopic (exact) mass is 219 g/mol. The summed E-state index contributed by atoms with van der Waals surface area (Å²) in [6, 6.07) is 0. The molecule has 0 heterocycles. The normalized spacial score (nSPS) is 18.5. The zero-order chi connectivity index (χ0) is 12.3. The lowest BCUT2D eigenvalue weighted by Gasteiger charge is -2.40. The van der Waals surface area contributed by atoms with Crippen molar-refractivity contribution in [1.82, 2.24) is 5.32 Å². The van der Waals surface area contributed by atoms with Gasteiger partial charge in [0.1, 0.15) is 0 Å². The number of alkyl carbamates (subject to hydrolysis) is 1. The molecule has 0 unspecified atom stereocenters. The number of nitrogens with one attached hydrogen (secondary N) is 1. The van der Waals surface area contributed by atoms with Crippen LogP contribution in [0.25, 0.3) is 0 Å². The molecule has 7 nitrogen and oxygen atoms in total. The summed E-state index contributed by atoms with van der Waals surface area (Å²) in [5.41, 5.74) is 7.98. The Balaban J connectivity index is 5.07. The van der Waals surface area contributed by atoms with E-state index in [-0.39, 0.29) is 0 Å². The van der Waals surface area contributed by atoms with Gasteiger partial charge in [-0.15, -0.1) is 0 Å². The van der Waals surface area contributed by atoms with Crippen LogP contribution in [0.3, 0.4) is 0 Å². The minimum atomic E-state index is -1.84. The Labute approximate surface area is 88.1 Å². The number of hydrogen-bond donors (Lipinski definition) is 3. The van der Waals surface area contributed by atoms with Crippen molar-refractivity contribution in [3.8, 4) is 0 Å². The highest BCUT2D eigenvalue weighted by molar-refractivity contribution is 5.90. The predicted octanol–water partition coefficient (Wildman–Crippen LogP) is -1.09. The summed E-state index contributed by atoms with van der Waals surface area (Å²) in [7, 11) is 2.43. The van der Waals surface area contributed by atoms with Crippen molar-refractivity contribution in [2.75, 3.05) is 14.2 Å². The van der Waals surface area contributed by atoms with Crippen LogP contribution < -0.4 is 16.8 Å². The molecule has 0 rings (SSSR count). The number of Topliss-reactive ketones (excluding diaryl/α,β-unsaturated/α-hetero) is 1. The van der Waals surface area contributed by atoms with E-state index in [9.17, 15) is 9.59 Å². The fraction of sp³-hybridized carbons (Fsp3) is 0.750. The van der Waals surface area contributed by atoms with Gasteiger partial charge in [-0.1, -0.05) is 0 Å². The van der Waals surface area contributed by atoms with Gasteiger partial charge in [0.15, 0.2) is 17.2 Å². The van der Waals surface area contributed by atoms with Gasteiger partial charge < -0.3 is 15.2 Å². The van der Waals surface area contributed by atoms with Crippen LogP contribution in [0.5, 0.6) is 0 Å². The second kappa shape index (κ2) is 4.56. The second-order valence-corrected chi connectivity index (χ2v) is 3.29. The van der Waals surface area contributed by atoms with E-state index in [0.29, 0.717) is 0 Å². The van der Waals surface area contributed by atoms with E-state index < -0.39 is 23.3 Å². The summed E-state index contributed by atoms with van der Waals surface area (Å²) >= 11 is 0. The van der Waals surface area contributed by atoms with Crippen LogP contribution in [-0.2, 0) is 14.3 Å². The number of nitrogens with two attached hydrogens (primary N) is 2. The molecule has 7 heteroatoms. The van der Waals surface area contributed by atoms with E-state index in [4.69, 9.17) is 16.2 Å². The largest absolute Gasteiger partial charge is 0.453 e. The molecule has 0 aliphatic carbocycles. The zero-order valence-electron chi connectivity index (χ0n) is 9.29. The maximum atomic E-state index is 11.4. The van der Waals surface area contributed by atoms with Crippen molar-refractivity contribution in [1.29, 1.82) is 0 Å². The first-order valence-corrected chi connectivity index (χ1v) is 4.21. The molecule has 0 spiro atoms. The number of ether oxygens (including phenoxy) is 2. The molecule has 0 aromatic carbocycles. The lowest BCUT2D eigenvalue weighted by Crippen LogP contribution is -2.77. The Bertz CT molecular complexity index is 267. The molecule has 2 atom stereocenters. The SMILES string of the molecule is COC(=O)N[C@](N)(C(C)=O)[C@@](C)(N)OC. The number of carbonyl (C=O) groups excluding carboxylic acids is 2. The highest BCUT2D eigenvalue weighted by Gasteiger charge is 2.49. The number of ketones is 1. The Morgan fingerprint density at radius 3 is 2.00 bits per heavy atom. The fourth-order valence-corrected chi connectivity index (χ4v) is 0.935. The summed E-state index contributed by atoms with van der Waals surface area (Å²) in [5.74, 6) is -0.542. The topological polar surface area (TPSA) is 117 Å². The van der Waals surface area contributed by atoms with Crippen LogP contribution in [0.15, 0.2) is 0 Å². The van der Waals surface area contributed by atoms with Gasteiger partial charge in [0.05, 0.1) is 7.11 Å². The molecule has 88 valence electrons. The molecule has 15 heavy (non-hydrogen) atoms. The molecule has 0 aliphatic heterocycles. The Kier molecular flexibility index (Phi) is 4.20. The van der Waals surface area contributed by atoms with E-state index in [1.165, 1.54) is 21.0 Å². The minimum absolute atomic E-state index is 0.542. The van der Waals surface area contributed by atoms with Gasteiger partial charge in [-0.3, -0.25) is 15.8 Å².